The molecule has 1 fully saturated rings. The van der Waals surface area contributed by atoms with Crippen LogP contribution in [0.3, 0.4) is 0 Å². The Balaban J connectivity index is 3.05. The van der Waals surface area contributed by atoms with E-state index in [2.05, 4.69) is 0 Å². The van der Waals surface area contributed by atoms with Gasteiger partial charge >= 0.3 is 12.1 Å². The van der Waals surface area contributed by atoms with Crippen molar-refractivity contribution in [1.29, 1.82) is 0 Å². The first kappa shape index (κ1) is 11.9. The first-order valence-electron chi connectivity index (χ1n) is 4.40. The predicted molar refractivity (Wildman–Crippen MR) is 57.1 cm³/mol. The maximum Gasteiger partial charge on any atom is 0.356 e. The molecule has 4 N–H and O–H groups in total. The Labute approximate surface area is 92.3 Å². The average molecular weight is 233 g/mol. The van der Waals surface area contributed by atoms with Gasteiger partial charge in [0.05, 0.1) is 6.04 Å². The maximum absolute atomic E-state index is 11.7. The summed E-state index contributed by atoms with van der Waals surface area (Å²) in [4.78, 5) is 22.9. The van der Waals surface area contributed by atoms with Gasteiger partial charge < -0.3 is 5.73 Å². The smallest absolute Gasteiger partial charge is 0.350 e. The molecule has 1 saturated heterocycles. The molecule has 15 heavy (non-hydrogen) atoms. The summed E-state index contributed by atoms with van der Waals surface area (Å²) >= 11 is 1.27. The van der Waals surface area contributed by atoms with E-state index >= 15 is 0 Å². The largest absolute Gasteiger partial charge is 0.356 e. The number of thioether (sulfide) groups is 1. The van der Waals surface area contributed by atoms with Crippen LogP contribution in [0.5, 0.6) is 0 Å². The molecule has 0 bridgehead atoms. The lowest BCUT2D eigenvalue weighted by Crippen LogP contribution is -2.51. The average Bonchev–Trinajstić information content (AvgIpc) is 2.39. The third kappa shape index (κ3) is 1.82. The van der Waals surface area contributed by atoms with Crippen LogP contribution >= 0.6 is 11.8 Å². The van der Waals surface area contributed by atoms with Crippen molar-refractivity contribution >= 4 is 23.8 Å². The quantitative estimate of drug-likeness (QED) is 0.516. The fraction of sp³-hybridized carbons (Fsp3) is 0.714. The van der Waals surface area contributed by atoms with Crippen LogP contribution in [-0.4, -0.2) is 44.9 Å². The number of nitrogens with two attached hydrogens (primary N) is 2. The van der Waals surface area contributed by atoms with Crippen LogP contribution in [-0.2, 0) is 0 Å². The van der Waals surface area contributed by atoms with E-state index in [1.807, 2.05) is 0 Å². The topological polar surface area (TPSA) is 95.9 Å². The molecule has 1 atom stereocenters. The van der Waals surface area contributed by atoms with Crippen LogP contribution in [0.15, 0.2) is 0 Å². The van der Waals surface area contributed by atoms with Crippen molar-refractivity contribution in [2.45, 2.75) is 25.4 Å². The molecule has 0 radical (unpaired) electrons. The molecule has 0 aromatic rings. The number of hydrogen-bond donors (Lipinski definition) is 2. The number of nitrogens with zero attached hydrogens (tertiary/aromatic N) is 3. The standard InChI is InChI=1S/C7H15N5O2S/c1-4(2)11-6(14)10(9)7(15-3)12(11)5(8)13/h4,7H,9H2,1-3H3,(H2,8,13). The minimum atomic E-state index is -0.690. The minimum absolute atomic E-state index is 0.173. The van der Waals surface area contributed by atoms with Gasteiger partial charge in [-0.25, -0.2) is 25.4 Å². The van der Waals surface area contributed by atoms with E-state index < -0.39 is 17.6 Å². The number of amides is 4. The fourth-order valence-electron chi connectivity index (χ4n) is 1.43. The number of hydrazine groups is 2. The Morgan fingerprint density at radius 3 is 2.40 bits per heavy atom. The monoisotopic (exact) mass is 233 g/mol. The van der Waals surface area contributed by atoms with E-state index in [0.717, 1.165) is 10.0 Å². The molecule has 1 unspecified atom stereocenters. The second kappa shape index (κ2) is 4.15. The Morgan fingerprint density at radius 2 is 2.07 bits per heavy atom. The number of rotatable bonds is 2. The molecule has 86 valence electrons. The maximum atomic E-state index is 11.7. The fourth-order valence-corrected chi connectivity index (χ4v) is 2.15. The van der Waals surface area contributed by atoms with E-state index in [4.69, 9.17) is 11.6 Å². The van der Waals surface area contributed by atoms with Crippen molar-refractivity contribution in [3.05, 3.63) is 0 Å². The molecule has 8 heteroatoms. The van der Waals surface area contributed by atoms with Crippen LogP contribution < -0.4 is 11.6 Å². The summed E-state index contributed by atoms with van der Waals surface area (Å²) in [6.07, 6.45) is 1.75. The zero-order chi connectivity index (χ0) is 11.7. The van der Waals surface area contributed by atoms with Crippen LogP contribution in [0, 0.1) is 0 Å². The molecule has 0 aromatic carbocycles. The summed E-state index contributed by atoms with van der Waals surface area (Å²) < 4.78 is 0. The summed E-state index contributed by atoms with van der Waals surface area (Å²) in [6.45, 7) is 3.56. The van der Waals surface area contributed by atoms with E-state index in [0.29, 0.717) is 0 Å². The Hall–Kier alpha value is -1.15. The third-order valence-corrected chi connectivity index (χ3v) is 2.87. The van der Waals surface area contributed by atoms with Crippen LogP contribution in [0.25, 0.3) is 0 Å². The van der Waals surface area contributed by atoms with Crippen LogP contribution in [0.1, 0.15) is 13.8 Å². The second-order valence-electron chi connectivity index (χ2n) is 3.37. The number of hydrogen-bond acceptors (Lipinski definition) is 4. The first-order valence-corrected chi connectivity index (χ1v) is 5.69. The van der Waals surface area contributed by atoms with Gasteiger partial charge in [0, 0.05) is 0 Å². The molecule has 4 amide bonds. The van der Waals surface area contributed by atoms with Gasteiger partial charge in [0.1, 0.15) is 0 Å². The minimum Gasteiger partial charge on any atom is -0.350 e. The number of carbonyl (C=O) groups is 2. The molecule has 1 aliphatic rings. The van der Waals surface area contributed by atoms with Gasteiger partial charge in [-0.15, -0.1) is 11.8 Å². The molecule has 1 heterocycles. The van der Waals surface area contributed by atoms with E-state index in [1.54, 1.807) is 20.1 Å². The van der Waals surface area contributed by atoms with Crippen molar-refractivity contribution in [1.82, 2.24) is 15.0 Å². The van der Waals surface area contributed by atoms with E-state index in [1.165, 1.54) is 16.8 Å². The number of urea groups is 2. The summed E-state index contributed by atoms with van der Waals surface area (Å²) in [5, 5.41) is 3.41. The molecule has 0 aromatic heterocycles. The van der Waals surface area contributed by atoms with Gasteiger partial charge in [0.2, 0.25) is 0 Å². The Kier molecular flexibility index (Phi) is 3.30. The van der Waals surface area contributed by atoms with Gasteiger partial charge in [0.25, 0.3) is 0 Å². The van der Waals surface area contributed by atoms with Crippen molar-refractivity contribution < 1.29 is 9.59 Å². The summed E-state index contributed by atoms with van der Waals surface area (Å²) in [7, 11) is 0. The highest BCUT2D eigenvalue weighted by molar-refractivity contribution is 7.99. The van der Waals surface area contributed by atoms with Crippen LogP contribution in [0.2, 0.25) is 0 Å². The molecule has 1 aliphatic heterocycles. The lowest BCUT2D eigenvalue weighted by atomic mass is 10.4. The normalized spacial score (nSPS) is 21.8. The van der Waals surface area contributed by atoms with Crippen molar-refractivity contribution in [2.75, 3.05) is 6.26 Å². The third-order valence-electron chi connectivity index (χ3n) is 2.02. The highest BCUT2D eigenvalue weighted by Gasteiger charge is 2.45. The van der Waals surface area contributed by atoms with Gasteiger partial charge in [-0.2, -0.15) is 5.01 Å². The molecule has 7 nitrogen and oxygen atoms in total. The van der Waals surface area contributed by atoms with E-state index in [9.17, 15) is 9.59 Å². The van der Waals surface area contributed by atoms with Gasteiger partial charge in [-0.05, 0) is 20.1 Å². The lowest BCUT2D eigenvalue weighted by molar-refractivity contribution is 0.0548. The molecule has 0 spiro atoms. The summed E-state index contributed by atoms with van der Waals surface area (Å²) in [6, 6.07) is -1.29. The molecular weight excluding hydrogens is 218 g/mol. The molecule has 1 rings (SSSR count). The van der Waals surface area contributed by atoms with E-state index in [-0.39, 0.29) is 6.04 Å². The summed E-state index contributed by atoms with van der Waals surface area (Å²) in [5.74, 6) is 5.56. The highest BCUT2D eigenvalue weighted by Crippen LogP contribution is 2.27. The molecule has 0 saturated carbocycles. The van der Waals surface area contributed by atoms with Crippen LogP contribution in [0.4, 0.5) is 9.59 Å². The zero-order valence-electron chi connectivity index (χ0n) is 8.88. The van der Waals surface area contributed by atoms with Gasteiger partial charge in [0.15, 0.2) is 5.50 Å². The first-order chi connectivity index (χ1) is 6.91. The number of carbonyl (C=O) groups excluding carboxylic acids is 2. The predicted octanol–water partition coefficient (Wildman–Crippen LogP) is -0.0516. The SMILES string of the molecule is CSC1N(N)C(=O)N(C(C)C)N1C(N)=O. The van der Waals surface area contributed by atoms with Crippen molar-refractivity contribution in [3.8, 4) is 0 Å². The summed E-state index contributed by atoms with van der Waals surface area (Å²) in [5.41, 5.74) is 4.64. The van der Waals surface area contributed by atoms with Gasteiger partial charge in [-0.1, -0.05) is 0 Å². The van der Waals surface area contributed by atoms with Gasteiger partial charge in [-0.3, -0.25) is 0 Å². The molecular formula is C7H15N5O2S. The highest BCUT2D eigenvalue weighted by atomic mass is 32.2. The second-order valence-corrected chi connectivity index (χ2v) is 4.27. The Bertz CT molecular complexity index is 285. The van der Waals surface area contributed by atoms with Crippen molar-refractivity contribution in [3.63, 3.8) is 0 Å². The molecule has 0 aliphatic carbocycles. The number of primary amides is 1. The lowest BCUT2D eigenvalue weighted by Gasteiger charge is -2.30. The Morgan fingerprint density at radius 1 is 1.53 bits per heavy atom. The zero-order valence-corrected chi connectivity index (χ0v) is 9.69. The van der Waals surface area contributed by atoms with Crippen molar-refractivity contribution in [2.24, 2.45) is 11.6 Å².